The smallest absolute Gasteiger partial charge is 0.0867 e. The van der Waals surface area contributed by atoms with Gasteiger partial charge in [-0.3, -0.25) is 10.8 Å². The van der Waals surface area contributed by atoms with E-state index in [4.69, 9.17) is 10.8 Å². The highest BCUT2D eigenvalue weighted by Gasteiger charge is 2.14. The lowest BCUT2D eigenvalue weighted by Gasteiger charge is -2.13. The summed E-state index contributed by atoms with van der Waals surface area (Å²) in [6, 6.07) is 5.84. The Morgan fingerprint density at radius 2 is 1.85 bits per heavy atom. The number of hydrogen-bond acceptors (Lipinski definition) is 2. The third kappa shape index (κ3) is 1.11. The van der Waals surface area contributed by atoms with Crippen LogP contribution in [0.1, 0.15) is 16.7 Å². The van der Waals surface area contributed by atoms with Gasteiger partial charge in [-0.1, -0.05) is 24.3 Å². The molecule has 13 heavy (non-hydrogen) atoms. The van der Waals surface area contributed by atoms with Crippen LogP contribution in [0.3, 0.4) is 0 Å². The van der Waals surface area contributed by atoms with Crippen LogP contribution in [0, 0.1) is 17.7 Å². The van der Waals surface area contributed by atoms with E-state index in [1.165, 1.54) is 0 Å². The number of fused-ring (bicyclic) bond motifs is 1. The molecule has 2 nitrogen and oxygen atoms in total. The topological polar surface area (TPSA) is 47.7 Å². The van der Waals surface area contributed by atoms with Gasteiger partial charge in [-0.05, 0) is 24.1 Å². The Morgan fingerprint density at radius 3 is 2.62 bits per heavy atom. The zero-order valence-corrected chi connectivity index (χ0v) is 7.39. The number of rotatable bonds is 0. The number of aryl methyl sites for hydroxylation is 1. The van der Waals surface area contributed by atoms with Gasteiger partial charge in [0.2, 0.25) is 0 Å². The van der Waals surface area contributed by atoms with Gasteiger partial charge in [-0.25, -0.2) is 0 Å². The van der Waals surface area contributed by atoms with E-state index in [1.54, 1.807) is 6.08 Å². The van der Waals surface area contributed by atoms with Crippen molar-refractivity contribution in [1.82, 2.24) is 0 Å². The lowest BCUT2D eigenvalue weighted by atomic mass is 9.91. The minimum Gasteiger partial charge on any atom is -0.299 e. The maximum Gasteiger partial charge on any atom is 0.0867 e. The van der Waals surface area contributed by atoms with Gasteiger partial charge in [-0.2, -0.15) is 0 Å². The van der Waals surface area contributed by atoms with E-state index in [-0.39, 0.29) is 5.71 Å². The molecule has 1 aliphatic carbocycles. The predicted molar refractivity (Wildman–Crippen MR) is 54.8 cm³/mol. The first-order chi connectivity index (χ1) is 6.20. The van der Waals surface area contributed by atoms with Crippen molar-refractivity contribution >= 4 is 17.5 Å². The van der Waals surface area contributed by atoms with Crippen LogP contribution in [0.25, 0.3) is 6.08 Å². The van der Waals surface area contributed by atoms with E-state index < -0.39 is 0 Å². The number of allylic oxidation sites excluding steroid dienone is 1. The summed E-state index contributed by atoms with van der Waals surface area (Å²) >= 11 is 0. The quantitative estimate of drug-likeness (QED) is 0.600. The highest BCUT2D eigenvalue weighted by atomic mass is 14.5. The van der Waals surface area contributed by atoms with Crippen molar-refractivity contribution in [2.75, 3.05) is 0 Å². The van der Waals surface area contributed by atoms with E-state index in [0.29, 0.717) is 5.71 Å². The van der Waals surface area contributed by atoms with Crippen molar-refractivity contribution in [1.29, 1.82) is 10.8 Å². The van der Waals surface area contributed by atoms with Crippen molar-refractivity contribution < 1.29 is 0 Å². The largest absolute Gasteiger partial charge is 0.299 e. The van der Waals surface area contributed by atoms with Crippen LogP contribution in [-0.4, -0.2) is 11.4 Å². The van der Waals surface area contributed by atoms with Crippen LogP contribution >= 0.6 is 0 Å². The van der Waals surface area contributed by atoms with Crippen molar-refractivity contribution in [3.63, 3.8) is 0 Å². The Hall–Kier alpha value is -1.70. The molecule has 0 unspecified atom stereocenters. The van der Waals surface area contributed by atoms with Gasteiger partial charge in [0, 0.05) is 5.56 Å². The molecule has 0 atom stereocenters. The molecule has 0 bridgehead atoms. The lowest BCUT2D eigenvalue weighted by Crippen LogP contribution is -2.15. The van der Waals surface area contributed by atoms with Gasteiger partial charge in [-0.15, -0.1) is 0 Å². The maximum atomic E-state index is 7.70. The molecule has 0 heterocycles. The SMILES string of the molecule is Cc1cccc2c1C=CC(=N)C2=N. The maximum absolute atomic E-state index is 7.70. The highest BCUT2D eigenvalue weighted by Crippen LogP contribution is 2.20. The van der Waals surface area contributed by atoms with Crippen molar-refractivity contribution in [3.05, 3.63) is 41.0 Å². The number of hydrogen-bond donors (Lipinski definition) is 2. The fraction of sp³-hybridized carbons (Fsp3) is 0.0909. The van der Waals surface area contributed by atoms with Gasteiger partial charge in [0.25, 0.3) is 0 Å². The average molecular weight is 170 g/mol. The molecule has 0 saturated heterocycles. The summed E-state index contributed by atoms with van der Waals surface area (Å²) in [7, 11) is 0. The molecular formula is C11H10N2. The van der Waals surface area contributed by atoms with E-state index in [1.807, 2.05) is 31.2 Å². The van der Waals surface area contributed by atoms with Crippen LogP contribution in [0.2, 0.25) is 0 Å². The van der Waals surface area contributed by atoms with Crippen molar-refractivity contribution in [2.24, 2.45) is 0 Å². The fourth-order valence-electron chi connectivity index (χ4n) is 1.51. The van der Waals surface area contributed by atoms with Crippen LogP contribution in [0.15, 0.2) is 24.3 Å². The van der Waals surface area contributed by atoms with Crippen LogP contribution in [0.5, 0.6) is 0 Å². The predicted octanol–water partition coefficient (Wildman–Crippen LogP) is 2.41. The second kappa shape index (κ2) is 2.66. The van der Waals surface area contributed by atoms with Gasteiger partial charge in [0.1, 0.15) is 0 Å². The second-order valence-electron chi connectivity index (χ2n) is 3.16. The summed E-state index contributed by atoms with van der Waals surface area (Å²) in [5.41, 5.74) is 3.71. The third-order valence-electron chi connectivity index (χ3n) is 2.28. The summed E-state index contributed by atoms with van der Waals surface area (Å²) in [6.07, 6.45) is 3.59. The third-order valence-corrected chi connectivity index (χ3v) is 2.28. The Morgan fingerprint density at radius 1 is 1.08 bits per heavy atom. The number of nitrogens with one attached hydrogen (secondary N) is 2. The molecular weight excluding hydrogens is 160 g/mol. The summed E-state index contributed by atoms with van der Waals surface area (Å²) in [4.78, 5) is 0. The monoisotopic (exact) mass is 170 g/mol. The Kier molecular flexibility index (Phi) is 1.62. The minimum atomic E-state index is 0.290. The van der Waals surface area contributed by atoms with Gasteiger partial charge < -0.3 is 0 Å². The first-order valence-corrected chi connectivity index (χ1v) is 4.15. The highest BCUT2D eigenvalue weighted by molar-refractivity contribution is 6.52. The molecule has 0 aromatic heterocycles. The fourth-order valence-corrected chi connectivity index (χ4v) is 1.51. The molecule has 0 aliphatic heterocycles. The van der Waals surface area contributed by atoms with E-state index in [9.17, 15) is 0 Å². The molecule has 0 radical (unpaired) electrons. The van der Waals surface area contributed by atoms with Crippen molar-refractivity contribution in [2.45, 2.75) is 6.92 Å². The van der Waals surface area contributed by atoms with Gasteiger partial charge >= 0.3 is 0 Å². The Labute approximate surface area is 76.9 Å². The molecule has 1 aromatic carbocycles. The molecule has 0 fully saturated rings. The molecule has 2 heteroatoms. The Bertz CT molecular complexity index is 428. The molecule has 2 N–H and O–H groups in total. The van der Waals surface area contributed by atoms with Gasteiger partial charge in [0.05, 0.1) is 11.4 Å². The zero-order chi connectivity index (χ0) is 9.42. The molecule has 0 spiro atoms. The van der Waals surface area contributed by atoms with Crippen molar-refractivity contribution in [3.8, 4) is 0 Å². The number of benzene rings is 1. The summed E-state index contributed by atoms with van der Waals surface area (Å²) < 4.78 is 0. The van der Waals surface area contributed by atoms with Crippen LogP contribution in [-0.2, 0) is 0 Å². The standard InChI is InChI=1S/C11H10N2/c1-7-3-2-4-9-8(7)5-6-10(12)11(9)13/h2-6,12-13H,1H3. The first-order valence-electron chi connectivity index (χ1n) is 4.15. The molecule has 0 amide bonds. The van der Waals surface area contributed by atoms with Crippen LogP contribution < -0.4 is 0 Å². The van der Waals surface area contributed by atoms with Gasteiger partial charge in [0.15, 0.2) is 0 Å². The Balaban J connectivity index is 2.72. The normalized spacial score (nSPS) is 14.5. The molecule has 1 aromatic rings. The molecule has 0 saturated carbocycles. The summed E-state index contributed by atoms with van der Waals surface area (Å²) in [6.45, 7) is 2.02. The second-order valence-corrected chi connectivity index (χ2v) is 3.16. The molecule has 2 rings (SSSR count). The van der Waals surface area contributed by atoms with E-state index in [0.717, 1.165) is 16.7 Å². The molecule has 1 aliphatic rings. The average Bonchev–Trinajstić information content (AvgIpc) is 2.12. The van der Waals surface area contributed by atoms with E-state index in [2.05, 4.69) is 0 Å². The first kappa shape index (κ1) is 7.92. The summed E-state index contributed by atoms with van der Waals surface area (Å²) in [5, 5.41) is 15.2. The van der Waals surface area contributed by atoms with E-state index >= 15 is 0 Å². The summed E-state index contributed by atoms with van der Waals surface area (Å²) in [5.74, 6) is 0. The lowest BCUT2D eigenvalue weighted by molar-refractivity contribution is 1.39. The minimum absolute atomic E-state index is 0.290. The van der Waals surface area contributed by atoms with Crippen LogP contribution in [0.4, 0.5) is 0 Å². The molecule has 64 valence electrons. The zero-order valence-electron chi connectivity index (χ0n) is 7.39.